The van der Waals surface area contributed by atoms with Crippen molar-refractivity contribution < 1.29 is 4.74 Å². The Labute approximate surface area is 130 Å². The average Bonchev–Trinajstić information content (AvgIpc) is 2.45. The summed E-state index contributed by atoms with van der Waals surface area (Å²) in [5.74, 6) is 3.13. The van der Waals surface area contributed by atoms with Crippen LogP contribution in [0.4, 0.5) is 0 Å². The van der Waals surface area contributed by atoms with Gasteiger partial charge in [0, 0.05) is 25.2 Å². The zero-order valence-electron chi connectivity index (χ0n) is 14.6. The molecule has 1 aliphatic rings. The highest BCUT2D eigenvalue weighted by Gasteiger charge is 2.23. The van der Waals surface area contributed by atoms with Crippen molar-refractivity contribution in [2.24, 2.45) is 11.8 Å². The minimum Gasteiger partial charge on any atom is -0.496 e. The summed E-state index contributed by atoms with van der Waals surface area (Å²) in [7, 11) is 1.80. The summed E-state index contributed by atoms with van der Waals surface area (Å²) >= 11 is 0. The molecule has 1 unspecified atom stereocenters. The molecule has 0 saturated carbocycles. The molecule has 0 bridgehead atoms. The summed E-state index contributed by atoms with van der Waals surface area (Å²) < 4.78 is 5.68. The van der Waals surface area contributed by atoms with Gasteiger partial charge in [-0.2, -0.15) is 0 Å². The molecule has 0 aromatic heterocycles. The van der Waals surface area contributed by atoms with Crippen molar-refractivity contribution in [3.8, 4) is 5.75 Å². The third kappa shape index (κ3) is 3.79. The molecular weight excluding hydrogens is 258 g/mol. The molecule has 118 valence electrons. The molecule has 0 fully saturated rings. The fraction of sp³-hybridized carbons (Fsp3) is 0.684. The maximum atomic E-state index is 5.68. The number of hydrogen-bond donors (Lipinski definition) is 0. The summed E-state index contributed by atoms with van der Waals surface area (Å²) in [6.45, 7) is 14.9. The third-order valence-electron chi connectivity index (χ3n) is 4.97. The first-order valence-electron chi connectivity index (χ1n) is 8.34. The molecule has 1 heterocycles. The van der Waals surface area contributed by atoms with Gasteiger partial charge in [-0.15, -0.1) is 0 Å². The largest absolute Gasteiger partial charge is 0.496 e. The number of nitrogens with zero attached hydrogens (tertiary/aromatic N) is 1. The first kappa shape index (κ1) is 16.4. The summed E-state index contributed by atoms with van der Waals surface area (Å²) in [6, 6.07) is 4.63. The Kier molecular flexibility index (Phi) is 5.32. The quantitative estimate of drug-likeness (QED) is 0.793. The first-order valence-corrected chi connectivity index (χ1v) is 8.34. The smallest absolute Gasteiger partial charge is 0.123 e. The van der Waals surface area contributed by atoms with E-state index < -0.39 is 0 Å². The monoisotopic (exact) mass is 289 g/mol. The highest BCUT2D eigenvalue weighted by atomic mass is 16.5. The lowest BCUT2D eigenvalue weighted by Gasteiger charge is -2.33. The Morgan fingerprint density at radius 2 is 1.86 bits per heavy atom. The van der Waals surface area contributed by atoms with Gasteiger partial charge in [-0.25, -0.2) is 0 Å². The van der Waals surface area contributed by atoms with E-state index in [4.69, 9.17) is 4.74 Å². The van der Waals surface area contributed by atoms with Gasteiger partial charge in [0.2, 0.25) is 0 Å². The van der Waals surface area contributed by atoms with Crippen LogP contribution in [-0.2, 0) is 13.0 Å². The Hall–Kier alpha value is -1.02. The van der Waals surface area contributed by atoms with Crippen LogP contribution >= 0.6 is 0 Å². The number of fused-ring (bicyclic) bond motifs is 1. The van der Waals surface area contributed by atoms with Gasteiger partial charge in [0.25, 0.3) is 0 Å². The van der Waals surface area contributed by atoms with E-state index in [1.165, 1.54) is 29.8 Å². The zero-order valence-corrected chi connectivity index (χ0v) is 14.6. The Bertz CT molecular complexity index is 461. The van der Waals surface area contributed by atoms with Crippen LogP contribution in [0.5, 0.6) is 5.75 Å². The van der Waals surface area contributed by atoms with Crippen molar-refractivity contribution in [2.75, 3.05) is 20.2 Å². The lowest BCUT2D eigenvalue weighted by Crippen LogP contribution is -2.35. The van der Waals surface area contributed by atoms with Crippen molar-refractivity contribution in [3.05, 3.63) is 28.8 Å². The summed E-state index contributed by atoms with van der Waals surface area (Å²) in [4.78, 5) is 2.59. The van der Waals surface area contributed by atoms with Crippen LogP contribution in [-0.4, -0.2) is 25.1 Å². The van der Waals surface area contributed by atoms with E-state index in [-0.39, 0.29) is 0 Å². The van der Waals surface area contributed by atoms with Gasteiger partial charge >= 0.3 is 0 Å². The molecule has 0 spiro atoms. The van der Waals surface area contributed by atoms with E-state index in [0.717, 1.165) is 30.6 Å². The predicted molar refractivity (Wildman–Crippen MR) is 90.1 cm³/mol. The molecule has 2 rings (SSSR count). The number of hydrogen-bond acceptors (Lipinski definition) is 2. The molecule has 1 aliphatic heterocycles. The molecular formula is C19H31NO. The minimum absolute atomic E-state index is 0.559. The van der Waals surface area contributed by atoms with Crippen LogP contribution in [0.2, 0.25) is 0 Å². The van der Waals surface area contributed by atoms with Crippen LogP contribution in [0.1, 0.15) is 57.2 Å². The number of methoxy groups -OCH3 is 1. The molecule has 0 N–H and O–H groups in total. The van der Waals surface area contributed by atoms with Crippen LogP contribution in [0.3, 0.4) is 0 Å². The third-order valence-corrected chi connectivity index (χ3v) is 4.97. The van der Waals surface area contributed by atoms with E-state index in [1.54, 1.807) is 7.11 Å². The van der Waals surface area contributed by atoms with E-state index in [0.29, 0.717) is 5.92 Å². The minimum atomic E-state index is 0.559. The van der Waals surface area contributed by atoms with Crippen molar-refractivity contribution in [2.45, 2.75) is 53.5 Å². The highest BCUT2D eigenvalue weighted by Crippen LogP contribution is 2.32. The second-order valence-corrected chi connectivity index (χ2v) is 7.22. The van der Waals surface area contributed by atoms with Crippen LogP contribution in [0.15, 0.2) is 12.1 Å². The highest BCUT2D eigenvalue weighted by molar-refractivity contribution is 5.46. The van der Waals surface area contributed by atoms with Crippen LogP contribution < -0.4 is 4.74 Å². The molecule has 2 heteroatoms. The molecule has 0 saturated heterocycles. The van der Waals surface area contributed by atoms with E-state index in [1.807, 2.05) is 0 Å². The van der Waals surface area contributed by atoms with E-state index in [2.05, 4.69) is 51.7 Å². The van der Waals surface area contributed by atoms with Gasteiger partial charge in [0.1, 0.15) is 5.75 Å². The molecule has 0 amide bonds. The van der Waals surface area contributed by atoms with Crippen molar-refractivity contribution in [1.29, 1.82) is 0 Å². The van der Waals surface area contributed by atoms with Gasteiger partial charge in [-0.3, -0.25) is 4.90 Å². The van der Waals surface area contributed by atoms with E-state index in [9.17, 15) is 0 Å². The lowest BCUT2D eigenvalue weighted by atomic mass is 9.91. The molecule has 21 heavy (non-hydrogen) atoms. The molecule has 0 aliphatic carbocycles. The van der Waals surface area contributed by atoms with Gasteiger partial charge in [-0.1, -0.05) is 40.7 Å². The number of benzene rings is 1. The number of rotatable bonds is 5. The Morgan fingerprint density at radius 3 is 2.43 bits per heavy atom. The summed E-state index contributed by atoms with van der Waals surface area (Å²) in [6.07, 6.45) is 1.15. The zero-order chi connectivity index (χ0) is 15.6. The van der Waals surface area contributed by atoms with Gasteiger partial charge < -0.3 is 4.74 Å². The predicted octanol–water partition coefficient (Wildman–Crippen LogP) is 4.47. The second kappa shape index (κ2) is 6.83. The van der Waals surface area contributed by atoms with Crippen LogP contribution in [0.25, 0.3) is 0 Å². The van der Waals surface area contributed by atoms with Gasteiger partial charge in [0.15, 0.2) is 0 Å². The summed E-state index contributed by atoms with van der Waals surface area (Å²) in [5, 5.41) is 0. The van der Waals surface area contributed by atoms with E-state index >= 15 is 0 Å². The Balaban J connectivity index is 2.20. The summed E-state index contributed by atoms with van der Waals surface area (Å²) in [5.41, 5.74) is 4.30. The fourth-order valence-corrected chi connectivity index (χ4v) is 3.00. The molecule has 1 aromatic carbocycles. The lowest BCUT2D eigenvalue weighted by molar-refractivity contribution is 0.193. The first-order chi connectivity index (χ1) is 9.92. The normalized spacial score (nSPS) is 17.1. The fourth-order valence-electron chi connectivity index (χ4n) is 3.00. The van der Waals surface area contributed by atoms with Gasteiger partial charge in [0.05, 0.1) is 7.11 Å². The maximum Gasteiger partial charge on any atom is 0.123 e. The molecule has 1 aromatic rings. The van der Waals surface area contributed by atoms with Crippen molar-refractivity contribution in [1.82, 2.24) is 4.90 Å². The SMILES string of the molecule is COc1cc(C(C)C)cc2c1CN(CC(C)C(C)C)CC2. The van der Waals surface area contributed by atoms with Crippen LogP contribution in [0, 0.1) is 11.8 Å². The standard InChI is InChI=1S/C19H31NO/c1-13(2)15(5)11-20-8-7-16-9-17(14(3)4)10-19(21-6)18(16)12-20/h9-10,13-15H,7-8,11-12H2,1-6H3. The number of ether oxygens (including phenoxy) is 1. The average molecular weight is 289 g/mol. The van der Waals surface area contributed by atoms with Crippen molar-refractivity contribution in [3.63, 3.8) is 0 Å². The Morgan fingerprint density at radius 1 is 1.14 bits per heavy atom. The molecule has 1 atom stereocenters. The second-order valence-electron chi connectivity index (χ2n) is 7.22. The van der Waals surface area contributed by atoms with Crippen molar-refractivity contribution >= 4 is 0 Å². The maximum absolute atomic E-state index is 5.68. The molecule has 0 radical (unpaired) electrons. The van der Waals surface area contributed by atoms with Gasteiger partial charge in [-0.05, 0) is 41.4 Å². The molecule has 2 nitrogen and oxygen atoms in total. The topological polar surface area (TPSA) is 12.5 Å².